The molecule has 0 amide bonds. The molecule has 0 bridgehead atoms. The number of ether oxygens (including phenoxy) is 2. The van der Waals surface area contributed by atoms with Gasteiger partial charge in [0.1, 0.15) is 6.61 Å². The van der Waals surface area contributed by atoms with Gasteiger partial charge in [-0.2, -0.15) is 8.78 Å². The van der Waals surface area contributed by atoms with Crippen LogP contribution < -0.4 is 9.47 Å². The van der Waals surface area contributed by atoms with Crippen molar-refractivity contribution in [1.29, 1.82) is 0 Å². The van der Waals surface area contributed by atoms with Gasteiger partial charge in [-0.3, -0.25) is 0 Å². The van der Waals surface area contributed by atoms with Crippen LogP contribution in [-0.4, -0.2) is 13.2 Å². The highest BCUT2D eigenvalue weighted by molar-refractivity contribution is 5.35. The summed E-state index contributed by atoms with van der Waals surface area (Å²) in [6, 6.07) is 2.90. The number of halogens is 2. The van der Waals surface area contributed by atoms with E-state index in [9.17, 15) is 8.78 Å². The molecule has 2 nitrogen and oxygen atoms in total. The topological polar surface area (TPSA) is 18.5 Å². The summed E-state index contributed by atoms with van der Waals surface area (Å²) in [6.45, 7) is 6.45. The van der Waals surface area contributed by atoms with Crippen LogP contribution in [0.15, 0.2) is 36.9 Å². The monoisotopic (exact) mass is 404 g/mol. The first-order valence-corrected chi connectivity index (χ1v) is 11.1. The molecule has 1 aromatic carbocycles. The second-order valence-electron chi connectivity index (χ2n) is 8.57. The van der Waals surface area contributed by atoms with E-state index in [-0.39, 0.29) is 18.1 Å². The number of rotatable bonds is 8. The third-order valence-electron chi connectivity index (χ3n) is 6.76. The summed E-state index contributed by atoms with van der Waals surface area (Å²) in [5, 5.41) is 0. The normalized spacial score (nSPS) is 27.7. The fraction of sp³-hybridized carbons (Fsp3) is 0.600. The lowest BCUT2D eigenvalue weighted by atomic mass is 9.69. The lowest BCUT2D eigenvalue weighted by Gasteiger charge is -2.37. The van der Waals surface area contributed by atoms with Crippen LogP contribution in [0.25, 0.3) is 0 Å². The Labute approximate surface area is 174 Å². The summed E-state index contributed by atoms with van der Waals surface area (Å²) in [5.74, 6) is 0.761. The maximum atomic E-state index is 14.3. The first-order chi connectivity index (χ1) is 14.1. The van der Waals surface area contributed by atoms with E-state index < -0.39 is 11.6 Å². The number of hydrogen-bond acceptors (Lipinski definition) is 2. The Hall–Kier alpha value is -1.84. The SMILES string of the molecule is C=C[C@H]1CC[C@H](C2CCC(COc3ccc(OC/C=C/C)c(F)c3F)CC2)CC1. The standard InChI is InChI=1S/C25H34F2O2/c1-3-5-16-28-22-14-15-23(25(27)24(22)26)29-17-19-8-12-21(13-9-19)20-10-6-18(4-2)7-11-20/h3-5,14-15,18-21H,2,6-13,16-17H2,1H3/b5-3+/t18-,19?,20-,21?. The van der Waals surface area contributed by atoms with Gasteiger partial charge in [0.2, 0.25) is 11.6 Å². The van der Waals surface area contributed by atoms with Crippen LogP contribution in [0.4, 0.5) is 8.78 Å². The average molecular weight is 405 g/mol. The first kappa shape index (κ1) is 21.9. The molecule has 0 saturated heterocycles. The van der Waals surface area contributed by atoms with E-state index in [0.717, 1.165) is 24.7 Å². The van der Waals surface area contributed by atoms with Crippen molar-refractivity contribution in [3.8, 4) is 11.5 Å². The van der Waals surface area contributed by atoms with Gasteiger partial charge in [0.25, 0.3) is 0 Å². The van der Waals surface area contributed by atoms with Crippen LogP contribution >= 0.6 is 0 Å². The Balaban J connectivity index is 1.44. The van der Waals surface area contributed by atoms with Crippen molar-refractivity contribution in [3.05, 3.63) is 48.6 Å². The van der Waals surface area contributed by atoms with Crippen LogP contribution in [0.3, 0.4) is 0 Å². The maximum Gasteiger partial charge on any atom is 0.204 e. The van der Waals surface area contributed by atoms with E-state index >= 15 is 0 Å². The van der Waals surface area contributed by atoms with Crippen LogP contribution in [0.2, 0.25) is 0 Å². The van der Waals surface area contributed by atoms with Gasteiger partial charge in [-0.05, 0) is 94.1 Å². The Morgan fingerprint density at radius 1 is 0.897 bits per heavy atom. The lowest BCUT2D eigenvalue weighted by molar-refractivity contribution is 0.127. The molecule has 0 unspecified atom stereocenters. The summed E-state index contributed by atoms with van der Waals surface area (Å²) in [6.07, 6.45) is 15.6. The zero-order valence-corrected chi connectivity index (χ0v) is 17.5. The van der Waals surface area contributed by atoms with Gasteiger partial charge in [-0.15, -0.1) is 6.58 Å². The number of allylic oxidation sites excluding steroid dienone is 2. The molecular formula is C25H34F2O2. The highest BCUT2D eigenvalue weighted by atomic mass is 19.2. The Bertz CT molecular complexity index is 684. The molecule has 0 heterocycles. The van der Waals surface area contributed by atoms with E-state index in [1.807, 2.05) is 6.92 Å². The van der Waals surface area contributed by atoms with E-state index in [1.165, 1.54) is 50.7 Å². The quantitative estimate of drug-likeness (QED) is 0.430. The van der Waals surface area contributed by atoms with Gasteiger partial charge in [-0.1, -0.05) is 18.2 Å². The minimum Gasteiger partial charge on any atom is -0.490 e. The van der Waals surface area contributed by atoms with Gasteiger partial charge < -0.3 is 9.47 Å². The second-order valence-corrected chi connectivity index (χ2v) is 8.57. The largest absolute Gasteiger partial charge is 0.490 e. The molecule has 0 aromatic heterocycles. The van der Waals surface area contributed by atoms with Crippen molar-refractivity contribution >= 4 is 0 Å². The van der Waals surface area contributed by atoms with Gasteiger partial charge >= 0.3 is 0 Å². The third kappa shape index (κ3) is 5.83. The average Bonchev–Trinajstić information content (AvgIpc) is 2.77. The van der Waals surface area contributed by atoms with Crippen molar-refractivity contribution < 1.29 is 18.3 Å². The molecule has 4 heteroatoms. The molecule has 3 rings (SSSR count). The molecule has 0 aliphatic heterocycles. The summed E-state index contributed by atoms with van der Waals surface area (Å²) < 4.78 is 39.3. The molecule has 1 aromatic rings. The molecule has 2 fully saturated rings. The van der Waals surface area contributed by atoms with Crippen LogP contribution in [0.5, 0.6) is 11.5 Å². The predicted octanol–water partition coefficient (Wildman–Crippen LogP) is 7.10. The lowest BCUT2D eigenvalue weighted by Crippen LogP contribution is -2.27. The first-order valence-electron chi connectivity index (χ1n) is 11.1. The summed E-state index contributed by atoms with van der Waals surface area (Å²) in [4.78, 5) is 0. The maximum absolute atomic E-state index is 14.3. The second kappa shape index (κ2) is 10.8. The van der Waals surface area contributed by atoms with Gasteiger partial charge in [-0.25, -0.2) is 0 Å². The molecule has 29 heavy (non-hydrogen) atoms. The predicted molar refractivity (Wildman–Crippen MR) is 113 cm³/mol. The summed E-state index contributed by atoms with van der Waals surface area (Å²) >= 11 is 0. The van der Waals surface area contributed by atoms with E-state index in [0.29, 0.717) is 18.4 Å². The van der Waals surface area contributed by atoms with Crippen LogP contribution in [0.1, 0.15) is 58.3 Å². The van der Waals surface area contributed by atoms with Crippen molar-refractivity contribution in [2.24, 2.45) is 23.7 Å². The fourth-order valence-electron chi connectivity index (χ4n) is 4.86. The van der Waals surface area contributed by atoms with Crippen molar-refractivity contribution in [2.45, 2.75) is 58.3 Å². The summed E-state index contributed by atoms with van der Waals surface area (Å²) in [5.41, 5.74) is 0. The van der Waals surface area contributed by atoms with Gasteiger partial charge in [0.15, 0.2) is 11.5 Å². The van der Waals surface area contributed by atoms with Crippen molar-refractivity contribution in [2.75, 3.05) is 13.2 Å². The van der Waals surface area contributed by atoms with Crippen LogP contribution in [-0.2, 0) is 0 Å². The van der Waals surface area contributed by atoms with E-state index in [2.05, 4.69) is 12.7 Å². The third-order valence-corrected chi connectivity index (χ3v) is 6.76. The highest BCUT2D eigenvalue weighted by Crippen LogP contribution is 2.41. The Morgan fingerprint density at radius 3 is 2.00 bits per heavy atom. The minimum atomic E-state index is -0.981. The van der Waals surface area contributed by atoms with Crippen LogP contribution in [0, 0.1) is 35.3 Å². The van der Waals surface area contributed by atoms with E-state index in [1.54, 1.807) is 12.2 Å². The number of benzene rings is 1. The molecule has 0 N–H and O–H groups in total. The van der Waals surface area contributed by atoms with Crippen molar-refractivity contribution in [3.63, 3.8) is 0 Å². The smallest absolute Gasteiger partial charge is 0.204 e. The molecule has 0 spiro atoms. The minimum absolute atomic E-state index is 0.0224. The molecular weight excluding hydrogens is 370 g/mol. The molecule has 2 saturated carbocycles. The summed E-state index contributed by atoms with van der Waals surface area (Å²) in [7, 11) is 0. The molecule has 0 atom stereocenters. The van der Waals surface area contributed by atoms with Gasteiger partial charge in [0.05, 0.1) is 6.61 Å². The van der Waals surface area contributed by atoms with E-state index in [4.69, 9.17) is 9.47 Å². The van der Waals surface area contributed by atoms with Crippen molar-refractivity contribution in [1.82, 2.24) is 0 Å². The highest BCUT2D eigenvalue weighted by Gasteiger charge is 2.30. The zero-order chi connectivity index (χ0) is 20.6. The molecule has 2 aliphatic rings. The zero-order valence-electron chi connectivity index (χ0n) is 17.5. The Morgan fingerprint density at radius 2 is 1.45 bits per heavy atom. The number of hydrogen-bond donors (Lipinski definition) is 0. The van der Waals surface area contributed by atoms with Gasteiger partial charge in [0, 0.05) is 0 Å². The Kier molecular flexibility index (Phi) is 8.14. The fourth-order valence-corrected chi connectivity index (χ4v) is 4.86. The molecule has 0 radical (unpaired) electrons. The molecule has 160 valence electrons. The molecule has 2 aliphatic carbocycles.